The van der Waals surface area contributed by atoms with E-state index in [-0.39, 0.29) is 11.7 Å². The molecule has 0 saturated carbocycles. The predicted octanol–water partition coefficient (Wildman–Crippen LogP) is 3.79. The first-order chi connectivity index (χ1) is 14.5. The predicted molar refractivity (Wildman–Crippen MR) is 114 cm³/mol. The van der Waals surface area contributed by atoms with E-state index in [0.29, 0.717) is 18.8 Å². The fraction of sp³-hybridized carbons (Fsp3) is 0.182. The number of pyridine rings is 1. The van der Waals surface area contributed by atoms with Gasteiger partial charge in [-0.25, -0.2) is 0 Å². The second-order valence-electron chi connectivity index (χ2n) is 7.19. The number of nitrogens with one attached hydrogen (secondary N) is 1. The third kappa shape index (κ3) is 4.28. The lowest BCUT2D eigenvalue weighted by atomic mass is 10.0. The number of nitrogens with zero attached hydrogens (tertiary/aromatic N) is 3. The van der Waals surface area contributed by atoms with Crippen LogP contribution in [0.1, 0.15) is 11.3 Å². The fourth-order valence-corrected chi connectivity index (χ4v) is 3.29. The Morgan fingerprint density at radius 2 is 1.93 bits per heavy atom. The molecule has 2 heterocycles. The van der Waals surface area contributed by atoms with Crippen molar-refractivity contribution in [3.63, 3.8) is 0 Å². The molecule has 0 amide bonds. The van der Waals surface area contributed by atoms with Gasteiger partial charge in [-0.3, -0.25) is 20.2 Å². The minimum Gasteiger partial charge on any atom is -0.490 e. The third-order valence-electron chi connectivity index (χ3n) is 4.90. The van der Waals surface area contributed by atoms with Crippen LogP contribution < -0.4 is 10.5 Å². The van der Waals surface area contributed by atoms with Crippen LogP contribution in [-0.4, -0.2) is 32.8 Å². The van der Waals surface area contributed by atoms with E-state index < -0.39 is 4.92 Å². The number of aromatic amines is 1. The molecule has 1 unspecified atom stereocenters. The summed E-state index contributed by atoms with van der Waals surface area (Å²) in [5.41, 5.74) is 11.1. The lowest BCUT2D eigenvalue weighted by Crippen LogP contribution is -2.30. The maximum atomic E-state index is 10.7. The maximum Gasteiger partial charge on any atom is 0.269 e. The lowest BCUT2D eigenvalue weighted by Gasteiger charge is -2.14. The van der Waals surface area contributed by atoms with Crippen LogP contribution in [0, 0.1) is 17.0 Å². The summed E-state index contributed by atoms with van der Waals surface area (Å²) in [4.78, 5) is 14.6. The standard InChI is InChI=1S/C22H21N5O3/c1-14-21-10-16(4-7-22(21)26-25-14)17-9-20(12-24-11-17)30-13-18(23)8-15-2-5-19(6-3-15)27(28)29/h2-7,9-12,18H,8,13,23H2,1H3,(H,25,26). The molecule has 0 fully saturated rings. The molecule has 0 aliphatic carbocycles. The number of fused-ring (bicyclic) bond motifs is 1. The van der Waals surface area contributed by atoms with E-state index in [2.05, 4.69) is 21.2 Å². The Balaban J connectivity index is 1.41. The molecule has 4 rings (SSSR count). The highest BCUT2D eigenvalue weighted by Crippen LogP contribution is 2.27. The van der Waals surface area contributed by atoms with Crippen LogP contribution in [0.2, 0.25) is 0 Å². The van der Waals surface area contributed by atoms with Gasteiger partial charge in [0, 0.05) is 41.0 Å². The number of ether oxygens (including phenoxy) is 1. The molecule has 152 valence electrons. The Hall–Kier alpha value is -3.78. The minimum atomic E-state index is -0.418. The smallest absolute Gasteiger partial charge is 0.269 e. The molecule has 1 atom stereocenters. The number of hydrogen-bond donors (Lipinski definition) is 2. The molecule has 0 aliphatic rings. The van der Waals surface area contributed by atoms with Crippen LogP contribution in [0.4, 0.5) is 5.69 Å². The topological polar surface area (TPSA) is 120 Å². The van der Waals surface area contributed by atoms with Gasteiger partial charge >= 0.3 is 0 Å². The number of benzene rings is 2. The van der Waals surface area contributed by atoms with Crippen molar-refractivity contribution in [2.24, 2.45) is 5.73 Å². The largest absolute Gasteiger partial charge is 0.490 e. The average molecular weight is 403 g/mol. The third-order valence-corrected chi connectivity index (χ3v) is 4.90. The van der Waals surface area contributed by atoms with E-state index in [9.17, 15) is 10.1 Å². The molecule has 2 aromatic carbocycles. The summed E-state index contributed by atoms with van der Waals surface area (Å²) in [6, 6.07) is 14.1. The summed E-state index contributed by atoms with van der Waals surface area (Å²) in [5.74, 6) is 0.635. The van der Waals surface area contributed by atoms with Crippen LogP contribution in [0.5, 0.6) is 5.75 Å². The first-order valence-corrected chi connectivity index (χ1v) is 9.51. The van der Waals surface area contributed by atoms with Crippen LogP contribution in [0.3, 0.4) is 0 Å². The van der Waals surface area contributed by atoms with Crippen molar-refractivity contribution in [3.05, 3.63) is 82.3 Å². The van der Waals surface area contributed by atoms with Gasteiger partial charge in [-0.1, -0.05) is 18.2 Å². The van der Waals surface area contributed by atoms with Gasteiger partial charge in [-0.05, 0) is 42.7 Å². The number of nitro groups is 1. The Kier molecular flexibility index (Phi) is 5.40. The Labute approximate surface area is 172 Å². The molecule has 0 radical (unpaired) electrons. The Morgan fingerprint density at radius 1 is 1.13 bits per heavy atom. The van der Waals surface area contributed by atoms with Crippen LogP contribution in [-0.2, 0) is 6.42 Å². The number of nitro benzene ring substituents is 1. The number of aryl methyl sites for hydroxylation is 1. The number of hydrogen-bond acceptors (Lipinski definition) is 6. The van der Waals surface area contributed by atoms with Gasteiger partial charge < -0.3 is 10.5 Å². The van der Waals surface area contributed by atoms with Gasteiger partial charge in [0.05, 0.1) is 16.6 Å². The summed E-state index contributed by atoms with van der Waals surface area (Å²) in [6.07, 6.45) is 4.01. The first kappa shape index (κ1) is 19.5. The van der Waals surface area contributed by atoms with Crippen molar-refractivity contribution in [1.29, 1.82) is 0 Å². The van der Waals surface area contributed by atoms with E-state index in [1.807, 2.05) is 25.1 Å². The normalized spacial score (nSPS) is 12.1. The zero-order valence-corrected chi connectivity index (χ0v) is 16.4. The summed E-state index contributed by atoms with van der Waals surface area (Å²) in [7, 11) is 0. The molecule has 8 nitrogen and oxygen atoms in total. The molecular formula is C22H21N5O3. The highest BCUT2D eigenvalue weighted by molar-refractivity contribution is 5.86. The average Bonchev–Trinajstić information content (AvgIpc) is 3.13. The number of rotatable bonds is 7. The summed E-state index contributed by atoms with van der Waals surface area (Å²) in [6.45, 7) is 2.30. The second kappa shape index (κ2) is 8.30. The zero-order chi connectivity index (χ0) is 21.1. The van der Waals surface area contributed by atoms with E-state index in [1.165, 1.54) is 12.1 Å². The van der Waals surface area contributed by atoms with Crippen molar-refractivity contribution in [3.8, 4) is 16.9 Å². The molecule has 0 aliphatic heterocycles. The second-order valence-corrected chi connectivity index (χ2v) is 7.19. The molecule has 4 aromatic rings. The minimum absolute atomic E-state index is 0.0651. The summed E-state index contributed by atoms with van der Waals surface area (Å²) in [5, 5.41) is 19.1. The van der Waals surface area contributed by atoms with Crippen molar-refractivity contribution < 1.29 is 9.66 Å². The first-order valence-electron chi connectivity index (χ1n) is 9.51. The highest BCUT2D eigenvalue weighted by Gasteiger charge is 2.10. The van der Waals surface area contributed by atoms with E-state index in [1.54, 1.807) is 24.5 Å². The highest BCUT2D eigenvalue weighted by atomic mass is 16.6. The van der Waals surface area contributed by atoms with Crippen molar-refractivity contribution >= 4 is 16.6 Å². The molecule has 2 aromatic heterocycles. The molecule has 0 spiro atoms. The molecule has 3 N–H and O–H groups in total. The van der Waals surface area contributed by atoms with Gasteiger partial charge in [0.1, 0.15) is 12.4 Å². The van der Waals surface area contributed by atoms with Crippen LogP contribution in [0.25, 0.3) is 22.0 Å². The summed E-state index contributed by atoms with van der Waals surface area (Å²) >= 11 is 0. The van der Waals surface area contributed by atoms with Crippen molar-refractivity contribution in [1.82, 2.24) is 15.2 Å². The number of H-pyrrole nitrogens is 1. The van der Waals surface area contributed by atoms with Gasteiger partial charge in [0.2, 0.25) is 0 Å². The Morgan fingerprint density at radius 3 is 2.70 bits per heavy atom. The van der Waals surface area contributed by atoms with Crippen molar-refractivity contribution in [2.75, 3.05) is 6.61 Å². The zero-order valence-electron chi connectivity index (χ0n) is 16.4. The van der Waals surface area contributed by atoms with Gasteiger partial charge in [-0.2, -0.15) is 5.10 Å². The molecule has 0 saturated heterocycles. The number of nitrogens with two attached hydrogens (primary N) is 1. The lowest BCUT2D eigenvalue weighted by molar-refractivity contribution is -0.384. The number of non-ortho nitro benzene ring substituents is 1. The van der Waals surface area contributed by atoms with E-state index >= 15 is 0 Å². The maximum absolute atomic E-state index is 10.7. The van der Waals surface area contributed by atoms with Gasteiger partial charge in [-0.15, -0.1) is 0 Å². The molecular weight excluding hydrogens is 382 g/mol. The van der Waals surface area contributed by atoms with E-state index in [0.717, 1.165) is 33.3 Å². The molecule has 8 heteroatoms. The van der Waals surface area contributed by atoms with Gasteiger partial charge in [0.25, 0.3) is 5.69 Å². The monoisotopic (exact) mass is 403 g/mol. The van der Waals surface area contributed by atoms with Crippen LogP contribution in [0.15, 0.2) is 60.9 Å². The SMILES string of the molecule is Cc1[nH]nc2ccc(-c3cncc(OCC(N)Cc4ccc([N+](=O)[O-])cc4)c3)cc12. The van der Waals surface area contributed by atoms with Crippen molar-refractivity contribution in [2.45, 2.75) is 19.4 Å². The molecule has 30 heavy (non-hydrogen) atoms. The number of aromatic nitrogens is 3. The Bertz CT molecular complexity index is 1190. The summed E-state index contributed by atoms with van der Waals surface area (Å²) < 4.78 is 5.85. The van der Waals surface area contributed by atoms with E-state index in [4.69, 9.17) is 10.5 Å². The van der Waals surface area contributed by atoms with Gasteiger partial charge in [0.15, 0.2) is 0 Å². The fourth-order valence-electron chi connectivity index (χ4n) is 3.29. The quantitative estimate of drug-likeness (QED) is 0.358. The van der Waals surface area contributed by atoms with Crippen LogP contribution >= 0.6 is 0 Å². The molecule has 0 bridgehead atoms.